The van der Waals surface area contributed by atoms with Crippen molar-refractivity contribution in [3.8, 4) is 0 Å². The Morgan fingerprint density at radius 3 is 2.47 bits per heavy atom. The average molecular weight is 301 g/mol. The number of alkyl halides is 1. The monoisotopic (exact) mass is 300 g/mol. The van der Waals surface area contributed by atoms with E-state index in [2.05, 4.69) is 21.2 Å². The molecular weight excluding hydrogens is 288 g/mol. The van der Waals surface area contributed by atoms with Crippen molar-refractivity contribution in [2.75, 3.05) is 11.9 Å². The van der Waals surface area contributed by atoms with E-state index in [0.29, 0.717) is 12.1 Å². The standard InChI is InChI=1S/C11H13BrN2O3/c12-7-1-2-8-13-11(15)9-3-5-10(6-4-9)14(16)17/h3-6H,1-2,7-8H2,(H,13,15). The molecule has 0 aliphatic rings. The van der Waals surface area contributed by atoms with Crippen LogP contribution in [-0.2, 0) is 0 Å². The van der Waals surface area contributed by atoms with Crippen LogP contribution >= 0.6 is 15.9 Å². The van der Waals surface area contributed by atoms with E-state index in [0.717, 1.165) is 18.2 Å². The van der Waals surface area contributed by atoms with Crippen molar-refractivity contribution >= 4 is 27.5 Å². The van der Waals surface area contributed by atoms with Crippen LogP contribution in [-0.4, -0.2) is 22.7 Å². The van der Waals surface area contributed by atoms with Crippen LogP contribution in [0.15, 0.2) is 24.3 Å². The number of non-ortho nitro benzene ring substituents is 1. The summed E-state index contributed by atoms with van der Waals surface area (Å²) in [6.45, 7) is 0.613. The molecule has 0 atom stereocenters. The number of rotatable bonds is 6. The van der Waals surface area contributed by atoms with Crippen molar-refractivity contribution in [2.45, 2.75) is 12.8 Å². The lowest BCUT2D eigenvalue weighted by atomic mass is 10.2. The van der Waals surface area contributed by atoms with Gasteiger partial charge < -0.3 is 5.32 Å². The van der Waals surface area contributed by atoms with Gasteiger partial charge in [0.1, 0.15) is 0 Å². The number of benzene rings is 1. The number of amides is 1. The van der Waals surface area contributed by atoms with Crippen molar-refractivity contribution < 1.29 is 9.72 Å². The van der Waals surface area contributed by atoms with Crippen LogP contribution in [0.5, 0.6) is 0 Å². The zero-order valence-corrected chi connectivity index (χ0v) is 10.8. The normalized spacial score (nSPS) is 9.94. The number of carbonyl (C=O) groups is 1. The molecule has 0 saturated heterocycles. The summed E-state index contributed by atoms with van der Waals surface area (Å²) in [5.41, 5.74) is 0.426. The highest BCUT2D eigenvalue weighted by Gasteiger charge is 2.08. The molecule has 0 fully saturated rings. The summed E-state index contributed by atoms with van der Waals surface area (Å²) < 4.78 is 0. The summed E-state index contributed by atoms with van der Waals surface area (Å²) in [4.78, 5) is 21.5. The van der Waals surface area contributed by atoms with Gasteiger partial charge in [-0.3, -0.25) is 14.9 Å². The maximum atomic E-state index is 11.6. The first-order valence-electron chi connectivity index (χ1n) is 5.24. The quantitative estimate of drug-likeness (QED) is 0.380. The largest absolute Gasteiger partial charge is 0.352 e. The molecular formula is C11H13BrN2O3. The van der Waals surface area contributed by atoms with Gasteiger partial charge in [0.2, 0.25) is 0 Å². The Bertz CT molecular complexity index is 392. The van der Waals surface area contributed by atoms with Crippen molar-refractivity contribution in [3.63, 3.8) is 0 Å². The molecule has 0 aromatic heterocycles. The molecule has 6 heteroatoms. The fourth-order valence-corrected chi connectivity index (χ4v) is 1.65. The highest BCUT2D eigenvalue weighted by molar-refractivity contribution is 9.09. The second-order valence-electron chi connectivity index (χ2n) is 3.46. The smallest absolute Gasteiger partial charge is 0.269 e. The van der Waals surface area contributed by atoms with Crippen molar-refractivity contribution in [3.05, 3.63) is 39.9 Å². The van der Waals surface area contributed by atoms with E-state index in [-0.39, 0.29) is 11.6 Å². The van der Waals surface area contributed by atoms with E-state index >= 15 is 0 Å². The van der Waals surface area contributed by atoms with Crippen LogP contribution in [0.25, 0.3) is 0 Å². The third kappa shape index (κ3) is 4.52. The lowest BCUT2D eigenvalue weighted by molar-refractivity contribution is -0.384. The van der Waals surface area contributed by atoms with Crippen LogP contribution in [0.2, 0.25) is 0 Å². The van der Waals surface area contributed by atoms with Crippen molar-refractivity contribution in [1.82, 2.24) is 5.32 Å². The molecule has 1 aromatic rings. The molecule has 92 valence electrons. The maximum Gasteiger partial charge on any atom is 0.269 e. The Hall–Kier alpha value is -1.43. The maximum absolute atomic E-state index is 11.6. The van der Waals surface area contributed by atoms with Crippen LogP contribution in [0, 0.1) is 10.1 Å². The van der Waals surface area contributed by atoms with Gasteiger partial charge in [-0.05, 0) is 25.0 Å². The predicted octanol–water partition coefficient (Wildman–Crippen LogP) is 2.50. The van der Waals surface area contributed by atoms with Crippen molar-refractivity contribution in [1.29, 1.82) is 0 Å². The molecule has 0 saturated carbocycles. The van der Waals surface area contributed by atoms with Crippen molar-refractivity contribution in [2.24, 2.45) is 0 Å². The predicted molar refractivity (Wildman–Crippen MR) is 68.5 cm³/mol. The van der Waals surface area contributed by atoms with Gasteiger partial charge in [-0.2, -0.15) is 0 Å². The number of nitrogens with zero attached hydrogens (tertiary/aromatic N) is 1. The van der Waals surface area contributed by atoms with Crippen LogP contribution in [0.4, 0.5) is 5.69 Å². The van der Waals surface area contributed by atoms with Crippen LogP contribution in [0.1, 0.15) is 23.2 Å². The molecule has 0 bridgehead atoms. The Labute approximate surface area is 107 Å². The zero-order valence-electron chi connectivity index (χ0n) is 9.19. The van der Waals surface area contributed by atoms with Gasteiger partial charge in [0.05, 0.1) is 4.92 Å². The van der Waals surface area contributed by atoms with E-state index in [9.17, 15) is 14.9 Å². The van der Waals surface area contributed by atoms with Crippen LogP contribution < -0.4 is 5.32 Å². The lowest BCUT2D eigenvalue weighted by Crippen LogP contribution is -2.24. The third-order valence-electron chi connectivity index (χ3n) is 2.19. The van der Waals surface area contributed by atoms with E-state index < -0.39 is 4.92 Å². The molecule has 1 aromatic carbocycles. The summed E-state index contributed by atoms with van der Waals surface area (Å²) >= 11 is 3.31. The lowest BCUT2D eigenvalue weighted by Gasteiger charge is -2.03. The van der Waals surface area contributed by atoms with Gasteiger partial charge in [-0.15, -0.1) is 0 Å². The second-order valence-corrected chi connectivity index (χ2v) is 4.25. The highest BCUT2D eigenvalue weighted by atomic mass is 79.9. The molecule has 0 heterocycles. The van der Waals surface area contributed by atoms with Gasteiger partial charge in [0.25, 0.3) is 11.6 Å². The number of halogens is 1. The molecule has 0 radical (unpaired) electrons. The number of hydrogen-bond donors (Lipinski definition) is 1. The van der Waals surface area contributed by atoms with Gasteiger partial charge in [0, 0.05) is 29.6 Å². The molecule has 5 nitrogen and oxygen atoms in total. The number of nitro benzene ring substituents is 1. The summed E-state index contributed by atoms with van der Waals surface area (Å²) in [6.07, 6.45) is 1.91. The zero-order chi connectivity index (χ0) is 12.7. The fourth-order valence-electron chi connectivity index (χ4n) is 1.26. The number of unbranched alkanes of at least 4 members (excludes halogenated alkanes) is 1. The minimum absolute atomic E-state index is 0.0131. The Balaban J connectivity index is 2.49. The topological polar surface area (TPSA) is 72.2 Å². The third-order valence-corrected chi connectivity index (χ3v) is 2.75. The first kappa shape index (κ1) is 13.6. The molecule has 0 aliphatic heterocycles. The summed E-state index contributed by atoms with van der Waals surface area (Å²) in [7, 11) is 0. The molecule has 1 amide bonds. The van der Waals surface area contributed by atoms with E-state index in [4.69, 9.17) is 0 Å². The molecule has 1 rings (SSSR count). The average Bonchev–Trinajstić information content (AvgIpc) is 2.34. The number of hydrogen-bond acceptors (Lipinski definition) is 3. The SMILES string of the molecule is O=C(NCCCCBr)c1ccc([N+](=O)[O-])cc1. The minimum atomic E-state index is -0.488. The molecule has 0 aliphatic carbocycles. The minimum Gasteiger partial charge on any atom is -0.352 e. The number of nitro groups is 1. The van der Waals surface area contributed by atoms with Gasteiger partial charge >= 0.3 is 0 Å². The Morgan fingerprint density at radius 1 is 1.29 bits per heavy atom. The number of carbonyl (C=O) groups excluding carboxylic acids is 1. The second kappa shape index (κ2) is 7.01. The van der Waals surface area contributed by atoms with Gasteiger partial charge in [0.15, 0.2) is 0 Å². The number of nitrogens with one attached hydrogen (secondary N) is 1. The van der Waals surface area contributed by atoms with E-state index in [1.165, 1.54) is 24.3 Å². The fraction of sp³-hybridized carbons (Fsp3) is 0.364. The van der Waals surface area contributed by atoms with E-state index in [1.54, 1.807) is 0 Å². The van der Waals surface area contributed by atoms with Crippen LogP contribution in [0.3, 0.4) is 0 Å². The Morgan fingerprint density at radius 2 is 1.94 bits per heavy atom. The summed E-state index contributed by atoms with van der Waals surface area (Å²) in [5.74, 6) is -0.200. The highest BCUT2D eigenvalue weighted by Crippen LogP contribution is 2.11. The summed E-state index contributed by atoms with van der Waals surface area (Å²) in [6, 6.07) is 5.57. The molecule has 1 N–H and O–H groups in total. The van der Waals surface area contributed by atoms with E-state index in [1.807, 2.05) is 0 Å². The first-order valence-corrected chi connectivity index (χ1v) is 6.36. The molecule has 0 spiro atoms. The molecule has 17 heavy (non-hydrogen) atoms. The van der Waals surface area contributed by atoms with Gasteiger partial charge in [-0.25, -0.2) is 0 Å². The first-order chi connectivity index (χ1) is 8.15. The van der Waals surface area contributed by atoms with Gasteiger partial charge in [-0.1, -0.05) is 15.9 Å². The summed E-state index contributed by atoms with van der Waals surface area (Å²) in [5, 5.41) is 14.1. The Kier molecular flexibility index (Phi) is 5.62. The molecule has 0 unspecified atom stereocenters.